The number of carbonyl (C=O) groups is 1. The Kier molecular flexibility index (Phi) is 4.96. The van der Waals surface area contributed by atoms with E-state index in [9.17, 15) is 18.0 Å². The van der Waals surface area contributed by atoms with Gasteiger partial charge < -0.3 is 16.4 Å². The molecule has 0 spiro atoms. The molecule has 0 aromatic heterocycles. The standard InChI is InChI=1S/C11H14F3N3O/c12-11(13,14)7-16-10(18)17-9-3-1-8(2-4-9)5-6-15/h1-4H,5-7,15H2,(H2,16,17,18). The summed E-state index contributed by atoms with van der Waals surface area (Å²) in [6.07, 6.45) is -3.71. The molecule has 4 N–H and O–H groups in total. The number of carbonyl (C=O) groups excluding carboxylic acids is 1. The molecular weight excluding hydrogens is 247 g/mol. The molecule has 0 aliphatic carbocycles. The first-order valence-corrected chi connectivity index (χ1v) is 5.31. The SMILES string of the molecule is NCCc1ccc(NC(=O)NCC(F)(F)F)cc1. The van der Waals surface area contributed by atoms with Crippen LogP contribution in [-0.2, 0) is 6.42 Å². The number of benzene rings is 1. The van der Waals surface area contributed by atoms with Crippen molar-refractivity contribution in [2.45, 2.75) is 12.6 Å². The molecule has 1 aromatic rings. The summed E-state index contributed by atoms with van der Waals surface area (Å²) in [6.45, 7) is -0.844. The van der Waals surface area contributed by atoms with Gasteiger partial charge in [-0.15, -0.1) is 0 Å². The van der Waals surface area contributed by atoms with Crippen LogP contribution in [-0.4, -0.2) is 25.3 Å². The van der Waals surface area contributed by atoms with Crippen molar-refractivity contribution < 1.29 is 18.0 Å². The number of nitrogens with one attached hydrogen (secondary N) is 2. The number of anilines is 1. The van der Waals surface area contributed by atoms with Gasteiger partial charge in [0.1, 0.15) is 6.54 Å². The van der Waals surface area contributed by atoms with Gasteiger partial charge in [0.15, 0.2) is 0 Å². The Labute approximate surface area is 102 Å². The summed E-state index contributed by atoms with van der Waals surface area (Å²) in [5.74, 6) is 0. The normalized spacial score (nSPS) is 11.1. The van der Waals surface area contributed by atoms with Crippen molar-refractivity contribution in [1.29, 1.82) is 0 Å². The average Bonchev–Trinajstić information content (AvgIpc) is 2.29. The molecule has 18 heavy (non-hydrogen) atoms. The van der Waals surface area contributed by atoms with Gasteiger partial charge >= 0.3 is 12.2 Å². The highest BCUT2D eigenvalue weighted by Crippen LogP contribution is 2.13. The lowest BCUT2D eigenvalue weighted by atomic mass is 10.1. The van der Waals surface area contributed by atoms with Gasteiger partial charge in [-0.2, -0.15) is 13.2 Å². The molecule has 0 heterocycles. The molecule has 0 aliphatic rings. The minimum absolute atomic E-state index is 0.426. The Balaban J connectivity index is 2.44. The van der Waals surface area contributed by atoms with Crippen molar-refractivity contribution in [1.82, 2.24) is 5.32 Å². The van der Waals surface area contributed by atoms with Crippen LogP contribution in [0.5, 0.6) is 0 Å². The van der Waals surface area contributed by atoms with Crippen molar-refractivity contribution in [3.63, 3.8) is 0 Å². The number of nitrogens with two attached hydrogens (primary N) is 1. The minimum atomic E-state index is -4.41. The first-order chi connectivity index (χ1) is 8.40. The van der Waals surface area contributed by atoms with E-state index in [0.29, 0.717) is 18.7 Å². The van der Waals surface area contributed by atoms with Crippen LogP contribution in [0.4, 0.5) is 23.7 Å². The monoisotopic (exact) mass is 261 g/mol. The van der Waals surface area contributed by atoms with E-state index < -0.39 is 18.8 Å². The number of halogens is 3. The summed E-state index contributed by atoms with van der Waals surface area (Å²) < 4.78 is 35.5. The molecule has 7 heteroatoms. The van der Waals surface area contributed by atoms with Crippen molar-refractivity contribution in [2.24, 2.45) is 5.73 Å². The number of rotatable bonds is 4. The van der Waals surface area contributed by atoms with Crippen molar-refractivity contribution in [2.75, 3.05) is 18.4 Å². The van der Waals surface area contributed by atoms with Crippen LogP contribution in [0, 0.1) is 0 Å². The highest BCUT2D eigenvalue weighted by Gasteiger charge is 2.27. The molecule has 0 saturated carbocycles. The number of alkyl halides is 3. The fourth-order valence-electron chi connectivity index (χ4n) is 1.28. The second-order valence-electron chi connectivity index (χ2n) is 3.66. The van der Waals surface area contributed by atoms with Crippen LogP contribution in [0.1, 0.15) is 5.56 Å². The highest BCUT2D eigenvalue weighted by molar-refractivity contribution is 5.89. The molecule has 2 amide bonds. The van der Waals surface area contributed by atoms with Crippen LogP contribution in [0.2, 0.25) is 0 Å². The van der Waals surface area contributed by atoms with Crippen LogP contribution in [0.3, 0.4) is 0 Å². The molecule has 0 aliphatic heterocycles. The third kappa shape index (κ3) is 5.53. The maximum absolute atomic E-state index is 11.8. The first kappa shape index (κ1) is 14.3. The lowest BCUT2D eigenvalue weighted by Gasteiger charge is -2.10. The Morgan fingerprint density at radius 2 is 1.83 bits per heavy atom. The lowest BCUT2D eigenvalue weighted by molar-refractivity contribution is -0.122. The number of urea groups is 1. The summed E-state index contributed by atoms with van der Waals surface area (Å²) in [5, 5.41) is 4.02. The van der Waals surface area contributed by atoms with E-state index in [0.717, 1.165) is 5.56 Å². The fourth-order valence-corrected chi connectivity index (χ4v) is 1.28. The average molecular weight is 261 g/mol. The van der Waals surface area contributed by atoms with E-state index in [-0.39, 0.29) is 0 Å². The maximum atomic E-state index is 11.8. The van der Waals surface area contributed by atoms with E-state index in [1.54, 1.807) is 29.6 Å². The quantitative estimate of drug-likeness (QED) is 0.774. The first-order valence-electron chi connectivity index (χ1n) is 5.31. The highest BCUT2D eigenvalue weighted by atomic mass is 19.4. The van der Waals surface area contributed by atoms with E-state index in [4.69, 9.17) is 5.73 Å². The zero-order valence-electron chi connectivity index (χ0n) is 9.55. The molecule has 0 atom stereocenters. The third-order valence-electron chi connectivity index (χ3n) is 2.09. The van der Waals surface area contributed by atoms with Gasteiger partial charge in [0.2, 0.25) is 0 Å². The van der Waals surface area contributed by atoms with Gasteiger partial charge in [0.05, 0.1) is 0 Å². The number of amides is 2. The summed E-state index contributed by atoms with van der Waals surface area (Å²) >= 11 is 0. The summed E-state index contributed by atoms with van der Waals surface area (Å²) in [6, 6.07) is 5.84. The molecule has 0 saturated heterocycles. The van der Waals surface area contributed by atoms with Crippen LogP contribution < -0.4 is 16.4 Å². The minimum Gasteiger partial charge on any atom is -0.330 e. The number of hydrogen-bond donors (Lipinski definition) is 3. The summed E-state index contributed by atoms with van der Waals surface area (Å²) in [7, 11) is 0. The molecular formula is C11H14F3N3O. The van der Waals surface area contributed by atoms with Gasteiger partial charge in [-0.05, 0) is 30.7 Å². The zero-order valence-corrected chi connectivity index (χ0v) is 9.55. The van der Waals surface area contributed by atoms with Gasteiger partial charge in [0.25, 0.3) is 0 Å². The topological polar surface area (TPSA) is 67.1 Å². The second kappa shape index (κ2) is 6.25. The van der Waals surface area contributed by atoms with Crippen LogP contribution in [0.15, 0.2) is 24.3 Å². The molecule has 1 aromatic carbocycles. The third-order valence-corrected chi connectivity index (χ3v) is 2.09. The molecule has 0 radical (unpaired) electrons. The molecule has 1 rings (SSSR count). The second-order valence-corrected chi connectivity index (χ2v) is 3.66. The van der Waals surface area contributed by atoms with Crippen molar-refractivity contribution in [3.8, 4) is 0 Å². The molecule has 0 unspecified atom stereocenters. The van der Waals surface area contributed by atoms with Crippen LogP contribution in [0.25, 0.3) is 0 Å². The predicted molar refractivity (Wildman–Crippen MR) is 62.3 cm³/mol. The van der Waals surface area contributed by atoms with E-state index >= 15 is 0 Å². The summed E-state index contributed by atoms with van der Waals surface area (Å²) in [5.41, 5.74) is 6.80. The van der Waals surface area contributed by atoms with E-state index in [1.165, 1.54) is 0 Å². The largest absolute Gasteiger partial charge is 0.405 e. The van der Waals surface area contributed by atoms with Gasteiger partial charge in [-0.1, -0.05) is 12.1 Å². The lowest BCUT2D eigenvalue weighted by Crippen LogP contribution is -2.36. The van der Waals surface area contributed by atoms with Gasteiger partial charge in [0, 0.05) is 5.69 Å². The van der Waals surface area contributed by atoms with Crippen molar-refractivity contribution >= 4 is 11.7 Å². The Morgan fingerprint density at radius 1 is 1.22 bits per heavy atom. The van der Waals surface area contributed by atoms with Crippen LogP contribution >= 0.6 is 0 Å². The Hall–Kier alpha value is -1.76. The smallest absolute Gasteiger partial charge is 0.330 e. The molecule has 100 valence electrons. The van der Waals surface area contributed by atoms with Gasteiger partial charge in [-0.3, -0.25) is 0 Å². The summed E-state index contributed by atoms with van der Waals surface area (Å²) in [4.78, 5) is 11.1. The number of hydrogen-bond acceptors (Lipinski definition) is 2. The Bertz CT molecular complexity index is 390. The molecule has 4 nitrogen and oxygen atoms in total. The van der Waals surface area contributed by atoms with Gasteiger partial charge in [-0.25, -0.2) is 4.79 Å². The fraction of sp³-hybridized carbons (Fsp3) is 0.364. The Morgan fingerprint density at radius 3 is 2.33 bits per heavy atom. The van der Waals surface area contributed by atoms with E-state index in [2.05, 4.69) is 5.32 Å². The zero-order chi connectivity index (χ0) is 13.6. The molecule has 0 bridgehead atoms. The van der Waals surface area contributed by atoms with E-state index in [1.807, 2.05) is 0 Å². The molecule has 0 fully saturated rings. The van der Waals surface area contributed by atoms with Crippen molar-refractivity contribution in [3.05, 3.63) is 29.8 Å². The maximum Gasteiger partial charge on any atom is 0.405 e. The predicted octanol–water partition coefficient (Wildman–Crippen LogP) is 1.87.